The molecule has 61 heavy (non-hydrogen) atoms. The highest BCUT2D eigenvalue weighted by atomic mass is 16.5. The van der Waals surface area contributed by atoms with Gasteiger partial charge in [0.2, 0.25) is 5.78 Å². The van der Waals surface area contributed by atoms with Crippen LogP contribution in [0, 0.1) is 36.5 Å². The van der Waals surface area contributed by atoms with E-state index in [1.807, 2.05) is 30.5 Å². The maximum atomic E-state index is 7.00. The molecule has 4 aromatic carbocycles. The number of para-hydroxylation sites is 3. The number of hydrogen-bond acceptors (Lipinski definition) is 5. The first-order valence-corrected chi connectivity index (χ1v) is 22.0. The number of benzene rings is 4. The van der Waals surface area contributed by atoms with Crippen LogP contribution in [0.2, 0.25) is 0 Å². The Balaban J connectivity index is 1.05. The van der Waals surface area contributed by atoms with Gasteiger partial charge in [-0.1, -0.05) is 85.7 Å². The fourth-order valence-electron chi connectivity index (χ4n) is 12.8. The number of furan rings is 1. The molecule has 2 aliphatic rings. The van der Waals surface area contributed by atoms with Crippen molar-refractivity contribution < 1.29 is 9.15 Å². The van der Waals surface area contributed by atoms with Crippen LogP contribution in [-0.2, 0) is 10.8 Å². The molecule has 5 aromatic heterocycles. The van der Waals surface area contributed by atoms with Gasteiger partial charge >= 0.3 is 0 Å². The van der Waals surface area contributed by atoms with E-state index in [4.69, 9.17) is 24.1 Å². The van der Waals surface area contributed by atoms with Crippen LogP contribution in [0.15, 0.2) is 108 Å². The monoisotopic (exact) mass is 805 g/mol. The van der Waals surface area contributed by atoms with Crippen molar-refractivity contribution in [3.63, 3.8) is 0 Å². The average Bonchev–Trinajstić information content (AvgIpc) is 3.89. The van der Waals surface area contributed by atoms with Crippen molar-refractivity contribution in [2.45, 2.75) is 99.3 Å². The number of fused-ring (bicyclic) bond motifs is 9. The lowest BCUT2D eigenvalue weighted by Crippen LogP contribution is -2.45. The highest BCUT2D eigenvalue weighted by Gasteiger charge is 2.56. The lowest BCUT2D eigenvalue weighted by atomic mass is 9.53. The smallest absolute Gasteiger partial charge is 0.221 e. The van der Waals surface area contributed by atoms with E-state index < -0.39 is 0 Å². The highest BCUT2D eigenvalue weighted by Crippen LogP contribution is 2.62. The Hall–Kier alpha value is -5.95. The number of hydrogen-bond donors (Lipinski definition) is 0. The maximum absolute atomic E-state index is 7.00. The molecular weight excluding hydrogens is 751 g/mol. The normalized spacial score (nSPS) is 19.4. The molecule has 0 spiro atoms. The van der Waals surface area contributed by atoms with E-state index in [1.165, 1.54) is 36.0 Å². The SMILES string of the molecule is Cc1cnc(-n2c3cc(Oc4cc(-c5cc6c(cn5)C(C)(C)C(C5CC(C)(C)CC(C)(C)C5)C6(C)C)cc5c4oc4ccccc45)ccc3n3c4ccccc4nc23)cc1C. The van der Waals surface area contributed by atoms with Gasteiger partial charge in [0.15, 0.2) is 11.3 Å². The molecule has 1 fully saturated rings. The molecule has 0 amide bonds. The van der Waals surface area contributed by atoms with Crippen LogP contribution in [0.3, 0.4) is 0 Å². The summed E-state index contributed by atoms with van der Waals surface area (Å²) in [5.74, 6) is 4.07. The Bertz CT molecular complexity index is 3250. The van der Waals surface area contributed by atoms with Crippen LogP contribution in [0.4, 0.5) is 0 Å². The third-order valence-electron chi connectivity index (χ3n) is 14.6. The molecule has 0 bridgehead atoms. The molecule has 0 aliphatic heterocycles. The topological polar surface area (TPSA) is 70.4 Å². The molecule has 1 saturated carbocycles. The van der Waals surface area contributed by atoms with Crippen molar-refractivity contribution in [3.8, 4) is 28.6 Å². The molecule has 11 rings (SSSR count). The number of rotatable bonds is 5. The van der Waals surface area contributed by atoms with Crippen molar-refractivity contribution in [2.75, 3.05) is 0 Å². The van der Waals surface area contributed by atoms with Crippen molar-refractivity contribution in [1.29, 1.82) is 0 Å². The lowest BCUT2D eigenvalue weighted by molar-refractivity contribution is 0.00421. The van der Waals surface area contributed by atoms with Crippen molar-refractivity contribution >= 4 is 49.8 Å². The number of nitrogens with zero attached hydrogens (tertiary/aromatic N) is 5. The molecule has 1 unspecified atom stereocenters. The van der Waals surface area contributed by atoms with Gasteiger partial charge in [0, 0.05) is 34.8 Å². The Kier molecular flexibility index (Phi) is 7.97. The minimum absolute atomic E-state index is 0.00549. The van der Waals surface area contributed by atoms with Crippen LogP contribution in [0.25, 0.3) is 66.9 Å². The average molecular weight is 806 g/mol. The molecule has 308 valence electrons. The van der Waals surface area contributed by atoms with Gasteiger partial charge in [-0.15, -0.1) is 0 Å². The summed E-state index contributed by atoms with van der Waals surface area (Å²) >= 11 is 0. The van der Waals surface area contributed by atoms with Crippen molar-refractivity contribution in [3.05, 3.63) is 126 Å². The van der Waals surface area contributed by atoms with Gasteiger partial charge in [-0.2, -0.15) is 0 Å². The quantitative estimate of drug-likeness (QED) is 0.173. The van der Waals surface area contributed by atoms with Crippen LogP contribution < -0.4 is 4.74 Å². The molecule has 0 saturated heterocycles. The second-order valence-electron chi connectivity index (χ2n) is 21.1. The fourth-order valence-corrected chi connectivity index (χ4v) is 12.8. The van der Waals surface area contributed by atoms with Crippen LogP contribution >= 0.6 is 0 Å². The number of imidazole rings is 2. The zero-order chi connectivity index (χ0) is 42.4. The molecule has 0 N–H and O–H groups in total. The molecular formula is C54H55N5O2. The molecule has 0 radical (unpaired) electrons. The summed E-state index contributed by atoms with van der Waals surface area (Å²) in [6.07, 6.45) is 7.91. The largest absolute Gasteiger partial charge is 0.453 e. The first kappa shape index (κ1) is 38.0. The Morgan fingerprint density at radius 1 is 0.672 bits per heavy atom. The summed E-state index contributed by atoms with van der Waals surface area (Å²) in [7, 11) is 0. The maximum Gasteiger partial charge on any atom is 0.221 e. The standard InChI is InChI=1S/C54H55N5O2/c1-31-21-47(56-28-32(31)2)59-44-24-35(19-20-43(44)58-42-17-13-12-16-40(42)57-50(58)59)60-46-23-33(22-37-36-15-11-14-18-45(36)61-48(37)46)41-25-38-39(29-55-41)54(9,10)49(53(38,7)8)34-26-51(3,4)30-52(5,6)27-34/h11-25,28-29,34,49H,26-27,30H2,1-10H3. The predicted molar refractivity (Wildman–Crippen MR) is 248 cm³/mol. The minimum atomic E-state index is -0.0310. The van der Waals surface area contributed by atoms with Crippen LogP contribution in [0.1, 0.15) is 96.9 Å². The fraction of sp³-hybridized carbons (Fsp3) is 0.352. The van der Waals surface area contributed by atoms with Gasteiger partial charge in [0.05, 0.1) is 27.8 Å². The van der Waals surface area contributed by atoms with E-state index in [0.717, 1.165) is 66.8 Å². The van der Waals surface area contributed by atoms with E-state index >= 15 is 0 Å². The number of aryl methyl sites for hydroxylation is 2. The Labute approximate surface area is 357 Å². The summed E-state index contributed by atoms with van der Waals surface area (Å²) in [6.45, 7) is 24.1. The number of aromatic nitrogens is 5. The van der Waals surface area contributed by atoms with E-state index in [0.29, 0.717) is 39.7 Å². The molecule has 2 aliphatic carbocycles. The van der Waals surface area contributed by atoms with E-state index in [-0.39, 0.29) is 10.8 Å². The minimum Gasteiger partial charge on any atom is -0.453 e. The number of pyridine rings is 2. The zero-order valence-corrected chi connectivity index (χ0v) is 37.1. The summed E-state index contributed by atoms with van der Waals surface area (Å²) in [4.78, 5) is 15.3. The molecule has 7 heteroatoms. The molecule has 9 aromatic rings. The van der Waals surface area contributed by atoms with E-state index in [2.05, 4.69) is 151 Å². The number of ether oxygens (including phenoxy) is 1. The second kappa shape index (κ2) is 12.8. The third-order valence-corrected chi connectivity index (χ3v) is 14.6. The van der Waals surface area contributed by atoms with E-state index in [1.54, 1.807) is 0 Å². The Morgan fingerprint density at radius 3 is 2.20 bits per heavy atom. The van der Waals surface area contributed by atoms with Gasteiger partial charge < -0.3 is 9.15 Å². The molecule has 1 atom stereocenters. The molecule has 5 heterocycles. The second-order valence-corrected chi connectivity index (χ2v) is 21.1. The summed E-state index contributed by atoms with van der Waals surface area (Å²) in [5.41, 5.74) is 13.1. The van der Waals surface area contributed by atoms with Gasteiger partial charge in [-0.05, 0) is 143 Å². The summed E-state index contributed by atoms with van der Waals surface area (Å²) in [6, 6.07) is 31.7. The van der Waals surface area contributed by atoms with Gasteiger partial charge in [0.25, 0.3) is 0 Å². The van der Waals surface area contributed by atoms with Crippen molar-refractivity contribution in [2.24, 2.45) is 22.7 Å². The Morgan fingerprint density at radius 2 is 1.41 bits per heavy atom. The van der Waals surface area contributed by atoms with Gasteiger partial charge in [-0.25, -0.2) is 9.97 Å². The third kappa shape index (κ3) is 5.79. The summed E-state index contributed by atoms with van der Waals surface area (Å²) in [5, 5.41) is 2.05. The summed E-state index contributed by atoms with van der Waals surface area (Å²) < 4.78 is 18.0. The van der Waals surface area contributed by atoms with Crippen molar-refractivity contribution in [1.82, 2.24) is 23.9 Å². The predicted octanol–water partition coefficient (Wildman–Crippen LogP) is 14.2. The van der Waals surface area contributed by atoms with Gasteiger partial charge in [0.1, 0.15) is 17.2 Å². The van der Waals surface area contributed by atoms with Crippen LogP contribution in [0.5, 0.6) is 11.5 Å². The lowest BCUT2D eigenvalue weighted by Gasteiger charge is -2.52. The first-order valence-electron chi connectivity index (χ1n) is 22.0. The zero-order valence-electron chi connectivity index (χ0n) is 37.1. The van der Waals surface area contributed by atoms with E-state index in [9.17, 15) is 0 Å². The van der Waals surface area contributed by atoms with Crippen LogP contribution in [-0.4, -0.2) is 23.9 Å². The highest BCUT2D eigenvalue weighted by molar-refractivity contribution is 6.08. The first-order chi connectivity index (χ1) is 29.0. The molecule has 7 nitrogen and oxygen atoms in total. The van der Waals surface area contributed by atoms with Gasteiger partial charge in [-0.3, -0.25) is 14.0 Å².